The Labute approximate surface area is 97.7 Å². The van der Waals surface area contributed by atoms with Crippen LogP contribution in [0, 0.1) is 6.92 Å². The molecule has 16 heavy (non-hydrogen) atoms. The van der Waals surface area contributed by atoms with E-state index in [9.17, 15) is 4.79 Å². The maximum atomic E-state index is 12.0. The van der Waals surface area contributed by atoms with E-state index in [2.05, 4.69) is 4.98 Å². The molecule has 1 aromatic carbocycles. The zero-order valence-corrected chi connectivity index (χ0v) is 9.66. The second-order valence-corrected chi connectivity index (χ2v) is 3.98. The largest absolute Gasteiger partial charge is 0.329 e. The highest BCUT2D eigenvalue weighted by molar-refractivity contribution is 6.28. The number of nitrogens with two attached hydrogens (primary N) is 1. The van der Waals surface area contributed by atoms with Crippen molar-refractivity contribution in [2.75, 3.05) is 6.54 Å². The minimum atomic E-state index is -0.138. The average molecular weight is 238 g/mol. The Morgan fingerprint density at radius 3 is 2.94 bits per heavy atom. The van der Waals surface area contributed by atoms with Gasteiger partial charge in [0.15, 0.2) is 0 Å². The predicted octanol–water partition coefficient (Wildman–Crippen LogP) is 1.32. The number of aryl methyl sites for hydroxylation is 1. The first kappa shape index (κ1) is 11.1. The summed E-state index contributed by atoms with van der Waals surface area (Å²) < 4.78 is 1.39. The molecule has 1 aromatic heterocycles. The lowest BCUT2D eigenvalue weighted by Crippen LogP contribution is -2.25. The maximum Gasteiger partial charge on any atom is 0.262 e. The summed E-state index contributed by atoms with van der Waals surface area (Å²) >= 11 is 5.94. The van der Waals surface area contributed by atoms with Crippen LogP contribution in [0.2, 0.25) is 5.28 Å². The highest BCUT2D eigenvalue weighted by atomic mass is 35.5. The third-order valence-corrected chi connectivity index (χ3v) is 2.71. The second kappa shape index (κ2) is 4.23. The van der Waals surface area contributed by atoms with Crippen LogP contribution in [0.25, 0.3) is 10.9 Å². The molecule has 0 aliphatic heterocycles. The Bertz CT molecular complexity index is 592. The molecule has 0 fully saturated rings. The average Bonchev–Trinajstić information content (AvgIpc) is 2.23. The first-order valence-corrected chi connectivity index (χ1v) is 5.38. The Morgan fingerprint density at radius 2 is 2.25 bits per heavy atom. The summed E-state index contributed by atoms with van der Waals surface area (Å²) in [5.74, 6) is 0. The third kappa shape index (κ3) is 1.81. The maximum absolute atomic E-state index is 12.0. The summed E-state index contributed by atoms with van der Waals surface area (Å²) in [6.45, 7) is 2.69. The number of hydrogen-bond acceptors (Lipinski definition) is 3. The quantitative estimate of drug-likeness (QED) is 0.802. The summed E-state index contributed by atoms with van der Waals surface area (Å²) in [5, 5.41) is 0.761. The Hall–Kier alpha value is -1.39. The molecule has 0 amide bonds. The summed E-state index contributed by atoms with van der Waals surface area (Å²) in [6.07, 6.45) is 0. The molecule has 0 saturated heterocycles. The van der Waals surface area contributed by atoms with Gasteiger partial charge >= 0.3 is 0 Å². The molecule has 5 heteroatoms. The van der Waals surface area contributed by atoms with Crippen LogP contribution in [-0.2, 0) is 6.54 Å². The van der Waals surface area contributed by atoms with E-state index in [-0.39, 0.29) is 10.8 Å². The van der Waals surface area contributed by atoms with Crippen molar-refractivity contribution < 1.29 is 0 Å². The van der Waals surface area contributed by atoms with Gasteiger partial charge in [0.25, 0.3) is 5.56 Å². The van der Waals surface area contributed by atoms with E-state index >= 15 is 0 Å². The minimum Gasteiger partial charge on any atom is -0.329 e. The van der Waals surface area contributed by atoms with E-state index in [0.717, 1.165) is 5.56 Å². The fraction of sp³-hybridized carbons (Fsp3) is 0.273. The van der Waals surface area contributed by atoms with Gasteiger partial charge in [-0.3, -0.25) is 9.36 Å². The molecule has 2 aromatic rings. The SMILES string of the molecule is Cc1ccc2c(=O)n(CCN)c(Cl)nc2c1. The fourth-order valence-corrected chi connectivity index (χ4v) is 1.88. The third-order valence-electron chi connectivity index (χ3n) is 2.42. The highest BCUT2D eigenvalue weighted by Gasteiger charge is 2.08. The van der Waals surface area contributed by atoms with Gasteiger partial charge in [-0.05, 0) is 36.2 Å². The Kier molecular flexibility index (Phi) is 2.94. The van der Waals surface area contributed by atoms with Crippen LogP contribution in [0.5, 0.6) is 0 Å². The minimum absolute atomic E-state index is 0.138. The van der Waals surface area contributed by atoms with E-state index in [1.54, 1.807) is 6.07 Å². The molecule has 4 nitrogen and oxygen atoms in total. The molecule has 0 unspecified atom stereocenters. The van der Waals surface area contributed by atoms with Crippen LogP contribution in [0.15, 0.2) is 23.0 Å². The van der Waals surface area contributed by atoms with Crippen LogP contribution in [0.1, 0.15) is 5.56 Å². The van der Waals surface area contributed by atoms with Gasteiger partial charge in [0, 0.05) is 13.1 Å². The summed E-state index contributed by atoms with van der Waals surface area (Å²) in [5.41, 5.74) is 6.96. The number of fused-ring (bicyclic) bond motifs is 1. The molecule has 0 saturated carbocycles. The number of halogens is 1. The lowest BCUT2D eigenvalue weighted by Gasteiger charge is -2.07. The van der Waals surface area contributed by atoms with Crippen LogP contribution in [-0.4, -0.2) is 16.1 Å². The Morgan fingerprint density at radius 1 is 1.50 bits per heavy atom. The second-order valence-electron chi connectivity index (χ2n) is 3.65. The van der Waals surface area contributed by atoms with E-state index in [0.29, 0.717) is 24.0 Å². The molecule has 84 valence electrons. The van der Waals surface area contributed by atoms with Crippen LogP contribution in [0.4, 0.5) is 0 Å². The van der Waals surface area contributed by atoms with Gasteiger partial charge in [0.1, 0.15) is 0 Å². The van der Waals surface area contributed by atoms with Crippen LogP contribution < -0.4 is 11.3 Å². The van der Waals surface area contributed by atoms with Crippen molar-refractivity contribution in [3.8, 4) is 0 Å². The van der Waals surface area contributed by atoms with E-state index in [1.165, 1.54) is 4.57 Å². The summed E-state index contributed by atoms with van der Waals surface area (Å²) in [6, 6.07) is 5.49. The first-order chi connectivity index (χ1) is 7.63. The smallest absolute Gasteiger partial charge is 0.262 e. The summed E-state index contributed by atoms with van der Waals surface area (Å²) in [7, 11) is 0. The molecular weight excluding hydrogens is 226 g/mol. The molecule has 0 radical (unpaired) electrons. The van der Waals surface area contributed by atoms with Crippen LogP contribution in [0.3, 0.4) is 0 Å². The zero-order valence-electron chi connectivity index (χ0n) is 8.90. The van der Waals surface area contributed by atoms with Crippen molar-refractivity contribution in [1.29, 1.82) is 0 Å². The number of rotatable bonds is 2. The van der Waals surface area contributed by atoms with Gasteiger partial charge < -0.3 is 5.73 Å². The highest BCUT2D eigenvalue weighted by Crippen LogP contribution is 2.13. The molecule has 2 N–H and O–H groups in total. The zero-order chi connectivity index (χ0) is 11.7. The van der Waals surface area contributed by atoms with Crippen molar-refractivity contribution in [2.45, 2.75) is 13.5 Å². The van der Waals surface area contributed by atoms with Gasteiger partial charge in [-0.1, -0.05) is 6.07 Å². The van der Waals surface area contributed by atoms with Gasteiger partial charge in [-0.25, -0.2) is 4.98 Å². The molecule has 2 rings (SSSR count). The van der Waals surface area contributed by atoms with Gasteiger partial charge in [0.2, 0.25) is 5.28 Å². The van der Waals surface area contributed by atoms with Gasteiger partial charge in [-0.2, -0.15) is 0 Å². The normalized spacial score (nSPS) is 10.9. The van der Waals surface area contributed by atoms with E-state index < -0.39 is 0 Å². The number of nitrogens with zero attached hydrogens (tertiary/aromatic N) is 2. The number of hydrogen-bond donors (Lipinski definition) is 1. The lowest BCUT2D eigenvalue weighted by molar-refractivity contribution is 0.675. The standard InChI is InChI=1S/C11H12ClN3O/c1-7-2-3-8-9(6-7)14-11(12)15(5-4-13)10(8)16/h2-3,6H,4-5,13H2,1H3. The summed E-state index contributed by atoms with van der Waals surface area (Å²) in [4.78, 5) is 16.2. The molecule has 0 aliphatic rings. The molecule has 0 spiro atoms. The molecule has 1 heterocycles. The predicted molar refractivity (Wildman–Crippen MR) is 64.8 cm³/mol. The molecular formula is C11H12ClN3O. The Balaban J connectivity index is 2.78. The first-order valence-electron chi connectivity index (χ1n) is 5.00. The molecule has 0 atom stereocenters. The van der Waals surface area contributed by atoms with Gasteiger partial charge in [-0.15, -0.1) is 0 Å². The number of aromatic nitrogens is 2. The monoisotopic (exact) mass is 237 g/mol. The topological polar surface area (TPSA) is 60.9 Å². The van der Waals surface area contributed by atoms with Crippen molar-refractivity contribution in [3.63, 3.8) is 0 Å². The van der Waals surface area contributed by atoms with Crippen molar-refractivity contribution >= 4 is 22.5 Å². The van der Waals surface area contributed by atoms with Crippen molar-refractivity contribution in [2.24, 2.45) is 5.73 Å². The lowest BCUT2D eigenvalue weighted by atomic mass is 10.2. The molecule has 0 bridgehead atoms. The van der Waals surface area contributed by atoms with Crippen LogP contribution >= 0.6 is 11.6 Å². The van der Waals surface area contributed by atoms with Gasteiger partial charge in [0.05, 0.1) is 10.9 Å². The number of benzene rings is 1. The van der Waals surface area contributed by atoms with E-state index in [1.807, 2.05) is 19.1 Å². The molecule has 0 aliphatic carbocycles. The van der Waals surface area contributed by atoms with Crippen molar-refractivity contribution in [3.05, 3.63) is 39.4 Å². The fourth-order valence-electron chi connectivity index (χ4n) is 1.63. The van der Waals surface area contributed by atoms with E-state index in [4.69, 9.17) is 17.3 Å². The van der Waals surface area contributed by atoms with Crippen molar-refractivity contribution in [1.82, 2.24) is 9.55 Å².